The molecule has 1 aromatic heterocycles. The molecule has 0 saturated carbocycles. The summed E-state index contributed by atoms with van der Waals surface area (Å²) in [4.78, 5) is 11.8. The summed E-state index contributed by atoms with van der Waals surface area (Å²) in [5.74, 6) is 1.76. The Morgan fingerprint density at radius 2 is 1.84 bits per heavy atom. The van der Waals surface area contributed by atoms with Crippen LogP contribution in [-0.2, 0) is 0 Å². The number of piperidine rings is 1. The first-order valence-corrected chi connectivity index (χ1v) is 8.98. The van der Waals surface area contributed by atoms with E-state index >= 15 is 0 Å². The smallest absolute Gasteiger partial charge is 0.147 e. The highest BCUT2D eigenvalue weighted by atomic mass is 35.5. The highest BCUT2D eigenvalue weighted by molar-refractivity contribution is 6.31. The number of benzene rings is 2. The van der Waals surface area contributed by atoms with E-state index < -0.39 is 0 Å². The number of rotatable bonds is 3. The summed E-state index contributed by atoms with van der Waals surface area (Å²) in [5.41, 5.74) is 3.77. The Kier molecular flexibility index (Phi) is 4.45. The molecule has 1 aliphatic rings. The minimum atomic E-state index is 0.684. The number of hydrogen-bond acceptors (Lipinski definition) is 4. The Labute approximate surface area is 152 Å². The van der Waals surface area contributed by atoms with Crippen molar-refractivity contribution in [3.63, 3.8) is 0 Å². The third-order valence-corrected chi connectivity index (χ3v) is 4.92. The van der Waals surface area contributed by atoms with Crippen LogP contribution in [0.15, 0.2) is 42.6 Å². The summed E-state index contributed by atoms with van der Waals surface area (Å²) in [7, 11) is 1.67. The lowest BCUT2D eigenvalue weighted by atomic mass is 10.0. The van der Waals surface area contributed by atoms with Gasteiger partial charge in [0.05, 0.1) is 24.3 Å². The normalized spacial score (nSPS) is 14.7. The molecule has 4 nitrogen and oxygen atoms in total. The van der Waals surface area contributed by atoms with E-state index in [0.29, 0.717) is 5.02 Å². The SMILES string of the molecule is COc1ccc(Cl)cc1-c1ccc2ncc(N3CCCCC3)nc2c1. The van der Waals surface area contributed by atoms with Crippen molar-refractivity contribution in [3.05, 3.63) is 47.6 Å². The molecule has 0 radical (unpaired) electrons. The fraction of sp³-hybridized carbons (Fsp3) is 0.300. The predicted octanol–water partition coefficient (Wildman–Crippen LogP) is 4.95. The molecule has 0 aliphatic carbocycles. The van der Waals surface area contributed by atoms with Crippen LogP contribution in [0.25, 0.3) is 22.2 Å². The molecule has 0 spiro atoms. The van der Waals surface area contributed by atoms with Crippen molar-refractivity contribution in [2.75, 3.05) is 25.1 Å². The van der Waals surface area contributed by atoms with Crippen molar-refractivity contribution in [1.82, 2.24) is 9.97 Å². The number of hydrogen-bond donors (Lipinski definition) is 0. The minimum absolute atomic E-state index is 0.684. The van der Waals surface area contributed by atoms with Crippen LogP contribution in [-0.4, -0.2) is 30.2 Å². The van der Waals surface area contributed by atoms with E-state index in [0.717, 1.165) is 46.8 Å². The van der Waals surface area contributed by atoms with Gasteiger partial charge in [-0.25, -0.2) is 4.98 Å². The maximum atomic E-state index is 6.18. The fourth-order valence-electron chi connectivity index (χ4n) is 3.35. The molecule has 2 aromatic carbocycles. The molecule has 0 unspecified atom stereocenters. The van der Waals surface area contributed by atoms with E-state index in [1.807, 2.05) is 36.5 Å². The summed E-state index contributed by atoms with van der Waals surface area (Å²) in [6.45, 7) is 2.12. The van der Waals surface area contributed by atoms with Crippen LogP contribution in [0, 0.1) is 0 Å². The second kappa shape index (κ2) is 6.89. The lowest BCUT2D eigenvalue weighted by Gasteiger charge is -2.27. The van der Waals surface area contributed by atoms with Gasteiger partial charge in [-0.1, -0.05) is 17.7 Å². The molecule has 1 saturated heterocycles. The van der Waals surface area contributed by atoms with E-state index in [-0.39, 0.29) is 0 Å². The number of halogens is 1. The fourth-order valence-corrected chi connectivity index (χ4v) is 3.52. The standard InChI is InChI=1S/C20H20ClN3O/c1-25-19-8-6-15(21)12-16(19)14-5-7-17-18(11-14)23-20(13-22-17)24-9-3-2-4-10-24/h5-8,11-13H,2-4,9-10H2,1H3. The van der Waals surface area contributed by atoms with Gasteiger partial charge in [-0.3, -0.25) is 4.98 Å². The molecule has 2 heterocycles. The lowest BCUT2D eigenvalue weighted by molar-refractivity contribution is 0.416. The van der Waals surface area contributed by atoms with Gasteiger partial charge in [0.2, 0.25) is 0 Å². The van der Waals surface area contributed by atoms with Gasteiger partial charge in [0, 0.05) is 23.7 Å². The van der Waals surface area contributed by atoms with Gasteiger partial charge in [0.1, 0.15) is 11.6 Å². The zero-order valence-corrected chi connectivity index (χ0v) is 15.0. The molecule has 25 heavy (non-hydrogen) atoms. The van der Waals surface area contributed by atoms with Crippen molar-refractivity contribution in [2.24, 2.45) is 0 Å². The molecular weight excluding hydrogens is 334 g/mol. The van der Waals surface area contributed by atoms with Crippen LogP contribution in [0.2, 0.25) is 5.02 Å². The van der Waals surface area contributed by atoms with E-state index in [1.54, 1.807) is 7.11 Å². The molecule has 5 heteroatoms. The molecule has 0 atom stereocenters. The molecule has 1 fully saturated rings. The molecular formula is C20H20ClN3O. The number of methoxy groups -OCH3 is 1. The minimum Gasteiger partial charge on any atom is -0.496 e. The van der Waals surface area contributed by atoms with E-state index in [4.69, 9.17) is 21.3 Å². The number of ether oxygens (including phenoxy) is 1. The first-order chi connectivity index (χ1) is 12.2. The van der Waals surface area contributed by atoms with Crippen LogP contribution in [0.5, 0.6) is 5.75 Å². The third kappa shape index (κ3) is 3.27. The largest absolute Gasteiger partial charge is 0.496 e. The van der Waals surface area contributed by atoms with E-state index in [9.17, 15) is 0 Å². The van der Waals surface area contributed by atoms with E-state index in [2.05, 4.69) is 16.0 Å². The summed E-state index contributed by atoms with van der Waals surface area (Å²) in [6.07, 6.45) is 5.63. The van der Waals surface area contributed by atoms with Crippen LogP contribution in [0.3, 0.4) is 0 Å². The van der Waals surface area contributed by atoms with Crippen LogP contribution < -0.4 is 9.64 Å². The average Bonchev–Trinajstić information content (AvgIpc) is 2.68. The number of aromatic nitrogens is 2. The van der Waals surface area contributed by atoms with E-state index in [1.165, 1.54) is 19.3 Å². The Morgan fingerprint density at radius 3 is 2.64 bits per heavy atom. The summed E-state index contributed by atoms with van der Waals surface area (Å²) < 4.78 is 5.48. The lowest BCUT2D eigenvalue weighted by Crippen LogP contribution is -2.30. The number of anilines is 1. The highest BCUT2D eigenvalue weighted by Gasteiger charge is 2.14. The second-order valence-corrected chi connectivity index (χ2v) is 6.76. The molecule has 0 amide bonds. The maximum absolute atomic E-state index is 6.18. The molecule has 0 bridgehead atoms. The Hall–Kier alpha value is -2.33. The predicted molar refractivity (Wildman–Crippen MR) is 103 cm³/mol. The summed E-state index contributed by atoms with van der Waals surface area (Å²) in [5, 5.41) is 0.684. The third-order valence-electron chi connectivity index (χ3n) is 4.68. The quantitative estimate of drug-likeness (QED) is 0.667. The molecule has 4 rings (SSSR count). The number of fused-ring (bicyclic) bond motifs is 1. The molecule has 128 valence electrons. The second-order valence-electron chi connectivity index (χ2n) is 6.32. The van der Waals surface area contributed by atoms with Gasteiger partial charge in [-0.2, -0.15) is 0 Å². The molecule has 0 N–H and O–H groups in total. The first-order valence-electron chi connectivity index (χ1n) is 8.60. The Morgan fingerprint density at radius 1 is 1.00 bits per heavy atom. The van der Waals surface area contributed by atoms with Crippen molar-refractivity contribution < 1.29 is 4.74 Å². The maximum Gasteiger partial charge on any atom is 0.147 e. The molecule has 1 aliphatic heterocycles. The summed E-state index contributed by atoms with van der Waals surface area (Å²) in [6, 6.07) is 11.7. The van der Waals surface area contributed by atoms with Gasteiger partial charge in [0.25, 0.3) is 0 Å². The summed E-state index contributed by atoms with van der Waals surface area (Å²) >= 11 is 6.18. The first kappa shape index (κ1) is 16.2. The monoisotopic (exact) mass is 353 g/mol. The number of nitrogens with zero attached hydrogens (tertiary/aromatic N) is 3. The van der Waals surface area contributed by atoms with Crippen molar-refractivity contribution >= 4 is 28.5 Å². The van der Waals surface area contributed by atoms with Gasteiger partial charge >= 0.3 is 0 Å². The zero-order chi connectivity index (χ0) is 17.2. The zero-order valence-electron chi connectivity index (χ0n) is 14.2. The Bertz CT molecular complexity index is 907. The van der Waals surface area contributed by atoms with Gasteiger partial charge in [-0.15, -0.1) is 0 Å². The van der Waals surface area contributed by atoms with Crippen molar-refractivity contribution in [2.45, 2.75) is 19.3 Å². The molecule has 3 aromatic rings. The Balaban J connectivity index is 1.77. The van der Waals surface area contributed by atoms with Crippen LogP contribution in [0.1, 0.15) is 19.3 Å². The van der Waals surface area contributed by atoms with Crippen LogP contribution in [0.4, 0.5) is 5.82 Å². The highest BCUT2D eigenvalue weighted by Crippen LogP contribution is 2.34. The van der Waals surface area contributed by atoms with Gasteiger partial charge in [-0.05, 0) is 55.2 Å². The van der Waals surface area contributed by atoms with Crippen LogP contribution >= 0.6 is 11.6 Å². The van der Waals surface area contributed by atoms with Gasteiger partial charge < -0.3 is 9.64 Å². The average molecular weight is 354 g/mol. The topological polar surface area (TPSA) is 38.2 Å². The van der Waals surface area contributed by atoms with Crippen molar-refractivity contribution in [1.29, 1.82) is 0 Å². The van der Waals surface area contributed by atoms with Gasteiger partial charge in [0.15, 0.2) is 0 Å². The van der Waals surface area contributed by atoms with Crippen molar-refractivity contribution in [3.8, 4) is 16.9 Å².